The van der Waals surface area contributed by atoms with Crippen molar-refractivity contribution in [1.82, 2.24) is 9.80 Å². The molecule has 0 aromatic rings. The van der Waals surface area contributed by atoms with Crippen molar-refractivity contribution >= 4 is 23.5 Å². The Balaban J connectivity index is 1.60. The molecule has 4 heteroatoms. The summed E-state index contributed by atoms with van der Waals surface area (Å²) in [6.45, 7) is 7.84. The highest BCUT2D eigenvalue weighted by Gasteiger charge is 2.13. The van der Waals surface area contributed by atoms with Crippen LogP contribution in [0.4, 0.5) is 0 Å². The maximum absolute atomic E-state index is 2.62. The van der Waals surface area contributed by atoms with E-state index in [1.54, 1.807) is 0 Å². The van der Waals surface area contributed by atoms with Crippen molar-refractivity contribution in [3.05, 3.63) is 0 Å². The molecule has 0 saturated carbocycles. The summed E-state index contributed by atoms with van der Waals surface area (Å²) in [5, 5.41) is 0. The number of hydrogen-bond acceptors (Lipinski definition) is 4. The highest BCUT2D eigenvalue weighted by molar-refractivity contribution is 7.99. The molecule has 0 radical (unpaired) electrons. The lowest BCUT2D eigenvalue weighted by atomic mass is 10.4. The van der Waals surface area contributed by atoms with Gasteiger partial charge in [0.05, 0.1) is 0 Å². The lowest BCUT2D eigenvalue weighted by molar-refractivity contribution is 0.226. The molecule has 14 heavy (non-hydrogen) atoms. The molecule has 2 saturated heterocycles. The molecule has 2 nitrogen and oxygen atoms in total. The van der Waals surface area contributed by atoms with E-state index in [4.69, 9.17) is 0 Å². The van der Waals surface area contributed by atoms with Gasteiger partial charge in [0.25, 0.3) is 0 Å². The van der Waals surface area contributed by atoms with Crippen LogP contribution >= 0.6 is 23.5 Å². The third-order valence-electron chi connectivity index (χ3n) is 2.94. The Morgan fingerprint density at radius 3 is 1.36 bits per heavy atom. The molecule has 2 rings (SSSR count). The molecule has 0 aliphatic carbocycles. The van der Waals surface area contributed by atoms with Crippen LogP contribution in [-0.4, -0.2) is 72.1 Å². The van der Waals surface area contributed by atoms with Gasteiger partial charge in [-0.25, -0.2) is 0 Å². The van der Waals surface area contributed by atoms with Crippen LogP contribution in [0.15, 0.2) is 0 Å². The molecule has 2 heterocycles. The minimum absolute atomic E-state index is 1.30. The summed E-state index contributed by atoms with van der Waals surface area (Å²) in [6, 6.07) is 0. The van der Waals surface area contributed by atoms with Crippen molar-refractivity contribution in [3.8, 4) is 0 Å². The first-order chi connectivity index (χ1) is 6.95. The smallest absolute Gasteiger partial charge is 0.0110 e. The molecule has 2 aliphatic heterocycles. The van der Waals surface area contributed by atoms with Crippen LogP contribution < -0.4 is 0 Å². The van der Waals surface area contributed by atoms with Crippen molar-refractivity contribution in [2.45, 2.75) is 0 Å². The van der Waals surface area contributed by atoms with Gasteiger partial charge in [0.15, 0.2) is 0 Å². The van der Waals surface area contributed by atoms with Crippen molar-refractivity contribution in [2.24, 2.45) is 0 Å². The Morgan fingerprint density at radius 2 is 1.00 bits per heavy atom. The fourth-order valence-electron chi connectivity index (χ4n) is 1.93. The van der Waals surface area contributed by atoms with Gasteiger partial charge in [-0.05, 0) is 0 Å². The SMILES string of the molecule is C1CN(CCN2CCSCC2)CCS1. The molecule has 0 spiro atoms. The first-order valence-electron chi connectivity index (χ1n) is 5.55. The van der Waals surface area contributed by atoms with Gasteiger partial charge in [0, 0.05) is 62.3 Å². The zero-order valence-electron chi connectivity index (χ0n) is 8.78. The summed E-state index contributed by atoms with van der Waals surface area (Å²) >= 11 is 4.20. The van der Waals surface area contributed by atoms with E-state index >= 15 is 0 Å². The first-order valence-corrected chi connectivity index (χ1v) is 7.86. The predicted molar refractivity (Wildman–Crippen MR) is 67.5 cm³/mol. The minimum Gasteiger partial charge on any atom is -0.300 e. The Bertz CT molecular complexity index is 136. The molecule has 0 amide bonds. The lowest BCUT2D eigenvalue weighted by Crippen LogP contribution is -2.41. The number of rotatable bonds is 3. The standard InChI is InChI=1S/C10H20N2S2/c1(11-3-7-13-8-4-11)2-12-5-9-14-10-6-12/h1-10H2. The molecule has 0 aromatic carbocycles. The van der Waals surface area contributed by atoms with E-state index in [1.165, 1.54) is 62.3 Å². The Morgan fingerprint density at radius 1 is 0.643 bits per heavy atom. The minimum atomic E-state index is 1.30. The number of nitrogens with zero attached hydrogens (tertiary/aromatic N) is 2. The van der Waals surface area contributed by atoms with Crippen molar-refractivity contribution in [1.29, 1.82) is 0 Å². The van der Waals surface area contributed by atoms with Crippen LogP contribution in [0.25, 0.3) is 0 Å². The molecule has 82 valence electrons. The van der Waals surface area contributed by atoms with Crippen molar-refractivity contribution in [3.63, 3.8) is 0 Å². The average Bonchev–Trinajstić information content (AvgIpc) is 2.29. The van der Waals surface area contributed by atoms with E-state index in [-0.39, 0.29) is 0 Å². The molecule has 2 aliphatic rings. The largest absolute Gasteiger partial charge is 0.300 e. The third-order valence-corrected chi connectivity index (χ3v) is 4.82. The second kappa shape index (κ2) is 6.26. The molecular weight excluding hydrogens is 212 g/mol. The van der Waals surface area contributed by atoms with Gasteiger partial charge in [-0.2, -0.15) is 23.5 Å². The first kappa shape index (κ1) is 11.1. The van der Waals surface area contributed by atoms with Gasteiger partial charge in [0.1, 0.15) is 0 Å². The van der Waals surface area contributed by atoms with Crippen LogP contribution in [0.5, 0.6) is 0 Å². The molecule has 0 atom stereocenters. The molecule has 0 bridgehead atoms. The summed E-state index contributed by atoms with van der Waals surface area (Å²) < 4.78 is 0. The quantitative estimate of drug-likeness (QED) is 0.718. The van der Waals surface area contributed by atoms with Gasteiger partial charge >= 0.3 is 0 Å². The van der Waals surface area contributed by atoms with Crippen molar-refractivity contribution < 1.29 is 0 Å². The van der Waals surface area contributed by atoms with Crippen LogP contribution in [-0.2, 0) is 0 Å². The van der Waals surface area contributed by atoms with Gasteiger partial charge in [-0.3, -0.25) is 0 Å². The summed E-state index contributed by atoms with van der Waals surface area (Å²) in [5.41, 5.74) is 0. The van der Waals surface area contributed by atoms with Gasteiger partial charge in [-0.15, -0.1) is 0 Å². The van der Waals surface area contributed by atoms with Crippen LogP contribution in [0, 0.1) is 0 Å². The summed E-state index contributed by atoms with van der Waals surface area (Å²) in [6.07, 6.45) is 0. The highest BCUT2D eigenvalue weighted by atomic mass is 32.2. The average molecular weight is 232 g/mol. The summed E-state index contributed by atoms with van der Waals surface area (Å²) in [5.74, 6) is 5.37. The van der Waals surface area contributed by atoms with Crippen LogP contribution in [0.3, 0.4) is 0 Å². The second-order valence-electron chi connectivity index (χ2n) is 3.91. The molecule has 0 unspecified atom stereocenters. The predicted octanol–water partition coefficient (Wildman–Crippen LogP) is 1.08. The highest BCUT2D eigenvalue weighted by Crippen LogP contribution is 2.11. The molecule has 0 aromatic heterocycles. The monoisotopic (exact) mass is 232 g/mol. The fraction of sp³-hybridized carbons (Fsp3) is 1.00. The zero-order valence-corrected chi connectivity index (χ0v) is 10.4. The maximum Gasteiger partial charge on any atom is 0.0110 e. The number of thioether (sulfide) groups is 2. The van der Waals surface area contributed by atoms with Crippen LogP contribution in [0.2, 0.25) is 0 Å². The normalized spacial score (nSPS) is 26.6. The van der Waals surface area contributed by atoms with E-state index < -0.39 is 0 Å². The maximum atomic E-state index is 2.62. The number of hydrogen-bond donors (Lipinski definition) is 0. The molecule has 2 fully saturated rings. The van der Waals surface area contributed by atoms with Gasteiger partial charge < -0.3 is 9.80 Å². The third kappa shape index (κ3) is 3.65. The van der Waals surface area contributed by atoms with E-state index in [2.05, 4.69) is 33.3 Å². The van der Waals surface area contributed by atoms with Gasteiger partial charge in [0.2, 0.25) is 0 Å². The Kier molecular flexibility index (Phi) is 4.97. The Labute approximate surface area is 95.8 Å². The summed E-state index contributed by atoms with van der Waals surface area (Å²) in [4.78, 5) is 5.25. The van der Waals surface area contributed by atoms with Crippen molar-refractivity contribution in [2.75, 3.05) is 62.3 Å². The molecule has 0 N–H and O–H groups in total. The van der Waals surface area contributed by atoms with E-state index in [0.717, 1.165) is 0 Å². The summed E-state index contributed by atoms with van der Waals surface area (Å²) in [7, 11) is 0. The van der Waals surface area contributed by atoms with E-state index in [0.29, 0.717) is 0 Å². The topological polar surface area (TPSA) is 6.48 Å². The van der Waals surface area contributed by atoms with E-state index in [9.17, 15) is 0 Å². The second-order valence-corrected chi connectivity index (χ2v) is 6.36. The lowest BCUT2D eigenvalue weighted by Gasteiger charge is -2.31. The fourth-order valence-corrected chi connectivity index (χ4v) is 3.89. The molecular formula is C10H20N2S2. The van der Waals surface area contributed by atoms with Crippen LogP contribution in [0.1, 0.15) is 0 Å². The van der Waals surface area contributed by atoms with Gasteiger partial charge in [-0.1, -0.05) is 0 Å². The Hall–Kier alpha value is 0.620. The van der Waals surface area contributed by atoms with E-state index in [1.807, 2.05) is 0 Å². The zero-order chi connectivity index (χ0) is 9.64.